The van der Waals surface area contributed by atoms with E-state index in [4.69, 9.17) is 15.2 Å². The van der Waals surface area contributed by atoms with Crippen LogP contribution in [-0.2, 0) is 10.3 Å². The van der Waals surface area contributed by atoms with Gasteiger partial charge in [0, 0.05) is 17.2 Å². The van der Waals surface area contributed by atoms with Crippen molar-refractivity contribution in [3.8, 4) is 5.75 Å². The van der Waals surface area contributed by atoms with Crippen LogP contribution < -0.4 is 10.5 Å². The maximum Gasteiger partial charge on any atom is 0.154 e. The second-order valence-electron chi connectivity index (χ2n) is 6.65. The molecular weight excluding hydrogens is 351 g/mol. The van der Waals surface area contributed by atoms with Gasteiger partial charge in [0.05, 0.1) is 12.7 Å². The molecule has 1 fully saturated rings. The number of thioether (sulfide) groups is 1. The van der Waals surface area contributed by atoms with E-state index in [1.54, 1.807) is 12.1 Å². The number of benzene rings is 2. The average molecular weight is 372 g/mol. The zero-order chi connectivity index (χ0) is 18.0. The van der Waals surface area contributed by atoms with Crippen molar-refractivity contribution in [1.82, 2.24) is 0 Å². The number of para-hydroxylation sites is 1. The van der Waals surface area contributed by atoms with Crippen LogP contribution in [-0.4, -0.2) is 30.2 Å². The van der Waals surface area contributed by atoms with Gasteiger partial charge in [-0.05, 0) is 24.6 Å². The van der Waals surface area contributed by atoms with Gasteiger partial charge < -0.3 is 15.2 Å². The van der Waals surface area contributed by atoms with Crippen LogP contribution in [0.5, 0.6) is 5.75 Å². The van der Waals surface area contributed by atoms with E-state index in [9.17, 15) is 4.39 Å². The molecule has 0 aliphatic carbocycles. The van der Waals surface area contributed by atoms with Crippen LogP contribution in [0.4, 0.5) is 4.39 Å². The van der Waals surface area contributed by atoms with Gasteiger partial charge in [-0.1, -0.05) is 48.2 Å². The summed E-state index contributed by atoms with van der Waals surface area (Å²) in [4.78, 5) is 4.67. The molecule has 0 bridgehead atoms. The molecule has 1 saturated heterocycles. The number of amidine groups is 1. The first-order valence-electron chi connectivity index (χ1n) is 8.70. The van der Waals surface area contributed by atoms with Gasteiger partial charge in [0.15, 0.2) is 5.17 Å². The third-order valence-electron chi connectivity index (χ3n) is 5.02. The van der Waals surface area contributed by atoms with Crippen LogP contribution >= 0.6 is 11.8 Å². The van der Waals surface area contributed by atoms with Crippen molar-refractivity contribution in [2.75, 3.05) is 19.0 Å². The highest BCUT2D eigenvalue weighted by molar-refractivity contribution is 8.13. The zero-order valence-electron chi connectivity index (χ0n) is 14.3. The summed E-state index contributed by atoms with van der Waals surface area (Å²) in [7, 11) is 0. The number of aliphatic imine (C=N–C) groups is 1. The fourth-order valence-corrected chi connectivity index (χ4v) is 4.69. The molecule has 0 saturated carbocycles. The normalized spacial score (nSPS) is 28.1. The van der Waals surface area contributed by atoms with Gasteiger partial charge in [-0.25, -0.2) is 9.38 Å². The van der Waals surface area contributed by atoms with Crippen LogP contribution in [0.15, 0.2) is 59.6 Å². The van der Waals surface area contributed by atoms with Gasteiger partial charge >= 0.3 is 0 Å². The number of hydrogen-bond donors (Lipinski definition) is 1. The van der Waals surface area contributed by atoms with E-state index < -0.39 is 5.54 Å². The Labute approximate surface area is 156 Å². The molecule has 4 nitrogen and oxygen atoms in total. The Morgan fingerprint density at radius 3 is 2.77 bits per heavy atom. The quantitative estimate of drug-likeness (QED) is 0.891. The van der Waals surface area contributed by atoms with Crippen molar-refractivity contribution in [1.29, 1.82) is 0 Å². The highest BCUT2D eigenvalue weighted by atomic mass is 32.2. The summed E-state index contributed by atoms with van der Waals surface area (Å²) in [5, 5.41) is 0.493. The Morgan fingerprint density at radius 2 is 1.96 bits per heavy atom. The van der Waals surface area contributed by atoms with Gasteiger partial charge in [-0.3, -0.25) is 0 Å². The Hall–Kier alpha value is -2.05. The monoisotopic (exact) mass is 372 g/mol. The van der Waals surface area contributed by atoms with Crippen LogP contribution in [0.3, 0.4) is 0 Å². The van der Waals surface area contributed by atoms with E-state index in [1.165, 1.54) is 17.8 Å². The van der Waals surface area contributed by atoms with Crippen molar-refractivity contribution < 1.29 is 13.9 Å². The Bertz CT molecular complexity index is 801. The van der Waals surface area contributed by atoms with E-state index in [-0.39, 0.29) is 17.8 Å². The van der Waals surface area contributed by atoms with Gasteiger partial charge in [-0.2, -0.15) is 0 Å². The van der Waals surface area contributed by atoms with Crippen molar-refractivity contribution in [2.45, 2.75) is 18.1 Å². The molecule has 2 aliphatic rings. The molecule has 6 heteroatoms. The molecule has 26 heavy (non-hydrogen) atoms. The van der Waals surface area contributed by atoms with Gasteiger partial charge in [0.2, 0.25) is 0 Å². The number of ether oxygens (including phenoxy) is 2. The first-order chi connectivity index (χ1) is 12.7. The Morgan fingerprint density at radius 1 is 1.19 bits per heavy atom. The molecule has 2 aromatic carbocycles. The molecule has 136 valence electrons. The fraction of sp³-hybridized carbons (Fsp3) is 0.350. The minimum absolute atomic E-state index is 0.0461. The number of hydrogen-bond acceptors (Lipinski definition) is 5. The number of nitrogens with zero attached hydrogens (tertiary/aromatic N) is 1. The molecule has 0 radical (unpaired) electrons. The average Bonchev–Trinajstić information content (AvgIpc) is 2.67. The van der Waals surface area contributed by atoms with Crippen molar-refractivity contribution >= 4 is 16.9 Å². The third kappa shape index (κ3) is 3.31. The lowest BCUT2D eigenvalue weighted by Crippen LogP contribution is -2.51. The number of halogens is 1. The molecule has 2 heterocycles. The summed E-state index contributed by atoms with van der Waals surface area (Å²) in [5.74, 6) is 1.51. The van der Waals surface area contributed by atoms with E-state index in [2.05, 4.69) is 4.99 Å². The molecule has 0 spiro atoms. The predicted octanol–water partition coefficient (Wildman–Crippen LogP) is 3.57. The summed E-state index contributed by atoms with van der Waals surface area (Å²) < 4.78 is 26.4. The number of nitrogens with two attached hydrogens (primary N) is 1. The third-order valence-corrected chi connectivity index (χ3v) is 5.98. The maximum absolute atomic E-state index is 14.5. The molecular formula is C20H21FN2O2S. The molecule has 2 aliphatic heterocycles. The van der Waals surface area contributed by atoms with Crippen molar-refractivity contribution in [3.05, 3.63) is 66.0 Å². The van der Waals surface area contributed by atoms with Crippen LogP contribution in [0.2, 0.25) is 0 Å². The van der Waals surface area contributed by atoms with Gasteiger partial charge in [-0.15, -0.1) is 0 Å². The second kappa shape index (κ2) is 7.29. The largest absolute Gasteiger partial charge is 0.491 e. The van der Waals surface area contributed by atoms with Crippen LogP contribution in [0.1, 0.15) is 12.0 Å². The topological polar surface area (TPSA) is 56.8 Å². The molecule has 0 amide bonds. The standard InChI is InChI=1S/C20H21FN2O2S/c21-18-9-5-4-8-17(18)20-13-25-16(10-14(20)12-26-19(22)23-20)11-24-15-6-2-1-3-7-15/h1-9,14,16H,10-13H2,(H2,22,23). The minimum atomic E-state index is -0.746. The van der Waals surface area contributed by atoms with Crippen molar-refractivity contribution in [3.63, 3.8) is 0 Å². The highest BCUT2D eigenvalue weighted by Gasteiger charge is 2.49. The first kappa shape index (κ1) is 17.4. The number of rotatable bonds is 4. The maximum atomic E-state index is 14.5. The summed E-state index contributed by atoms with van der Waals surface area (Å²) in [6, 6.07) is 16.5. The van der Waals surface area contributed by atoms with E-state index in [1.807, 2.05) is 36.4 Å². The molecule has 3 unspecified atom stereocenters. The Kier molecular flexibility index (Phi) is 4.87. The fourth-order valence-electron chi connectivity index (χ4n) is 3.68. The lowest BCUT2D eigenvalue weighted by atomic mass is 9.75. The van der Waals surface area contributed by atoms with E-state index in [0.29, 0.717) is 23.9 Å². The summed E-state index contributed by atoms with van der Waals surface area (Å²) in [5.41, 5.74) is 5.81. The lowest BCUT2D eigenvalue weighted by Gasteiger charge is -2.46. The highest BCUT2D eigenvalue weighted by Crippen LogP contribution is 2.46. The molecule has 2 aromatic rings. The van der Waals surface area contributed by atoms with Crippen LogP contribution in [0.25, 0.3) is 0 Å². The van der Waals surface area contributed by atoms with Gasteiger partial charge in [0.25, 0.3) is 0 Å². The predicted molar refractivity (Wildman–Crippen MR) is 102 cm³/mol. The molecule has 3 atom stereocenters. The molecule has 0 aromatic heterocycles. The first-order valence-corrected chi connectivity index (χ1v) is 9.68. The molecule has 4 rings (SSSR count). The summed E-state index contributed by atoms with van der Waals surface area (Å²) >= 11 is 1.53. The summed E-state index contributed by atoms with van der Waals surface area (Å²) in [6.45, 7) is 0.778. The number of fused-ring (bicyclic) bond motifs is 1. The smallest absolute Gasteiger partial charge is 0.154 e. The zero-order valence-corrected chi connectivity index (χ0v) is 15.1. The van der Waals surface area contributed by atoms with Gasteiger partial charge in [0.1, 0.15) is 23.7 Å². The van der Waals surface area contributed by atoms with E-state index in [0.717, 1.165) is 17.9 Å². The molecule has 2 N–H and O–H groups in total. The van der Waals surface area contributed by atoms with E-state index >= 15 is 0 Å². The van der Waals surface area contributed by atoms with Crippen molar-refractivity contribution in [2.24, 2.45) is 16.6 Å². The lowest BCUT2D eigenvalue weighted by molar-refractivity contribution is -0.0730. The second-order valence-corrected chi connectivity index (χ2v) is 7.70. The summed E-state index contributed by atoms with van der Waals surface area (Å²) in [6.07, 6.45) is 0.709. The Balaban J connectivity index is 1.54. The minimum Gasteiger partial charge on any atom is -0.491 e. The SMILES string of the molecule is NC1=NC2(c3ccccc3F)COC(COc3ccccc3)CC2CS1. The van der Waals surface area contributed by atoms with Crippen LogP contribution in [0, 0.1) is 11.7 Å².